The third-order valence-electron chi connectivity index (χ3n) is 13.0. The molecule has 8 aromatic carbocycles. The van der Waals surface area contributed by atoms with Gasteiger partial charge in [-0.3, -0.25) is 23.0 Å². The summed E-state index contributed by atoms with van der Waals surface area (Å²) in [6.45, 7) is 0. The minimum absolute atomic E-state index is 0.746. The molecule has 0 atom stereocenters. The summed E-state index contributed by atoms with van der Waals surface area (Å²) < 4.78 is 16.1. The van der Waals surface area contributed by atoms with Crippen LogP contribution in [-0.2, 0) is 6.42 Å². The second-order valence-electron chi connectivity index (χ2n) is 16.8. The van der Waals surface area contributed by atoms with Crippen molar-refractivity contribution in [2.24, 2.45) is 0 Å². The average molecular weight is 851 g/mol. The third kappa shape index (κ3) is 5.25. The Hall–Kier alpha value is -8.95. The number of fused-ring (bicyclic) bond motifs is 9. The number of nitrogens with zero attached hydrogens (tertiary/aromatic N) is 8. The quantitative estimate of drug-likeness (QED) is 0.167. The lowest BCUT2D eigenvalue weighted by molar-refractivity contribution is 0.477. The van der Waals surface area contributed by atoms with E-state index in [0.717, 1.165) is 132 Å². The van der Waals surface area contributed by atoms with Gasteiger partial charge in [0.25, 0.3) is 0 Å². The standard InChI is InChI=1S/C57H38N8O/c1-5-21-37(22-6-1)55-59-49-52(62(55)40-27-11-4-12-28-40)54(65-44-32-16-15-31-43(44)64-42-30-14-13-29-41(42)58-57(64)65)50-51(61(39-25-9-3-10-26-39)56(60-50)38-23-7-2-8-24-38)53(49)63-45-33-17-19-35-47(45)66-48-36-20-18-34-46(48)63/h1-12,14-28,30-36H,13,29H2. The second-order valence-corrected chi connectivity index (χ2v) is 16.8. The molecule has 0 saturated carbocycles. The summed E-state index contributed by atoms with van der Waals surface area (Å²) >= 11 is 0. The Morgan fingerprint density at radius 1 is 0.439 bits per heavy atom. The maximum atomic E-state index is 6.72. The van der Waals surface area contributed by atoms with Crippen molar-refractivity contribution in [3.63, 3.8) is 0 Å². The number of ether oxygens (including phenoxy) is 1. The van der Waals surface area contributed by atoms with Gasteiger partial charge in [-0.1, -0.05) is 140 Å². The molecule has 4 aromatic heterocycles. The normalized spacial score (nSPS) is 13.1. The van der Waals surface area contributed by atoms with Crippen LogP contribution in [-0.4, -0.2) is 33.1 Å². The van der Waals surface area contributed by atoms with Crippen molar-refractivity contribution in [3.05, 3.63) is 212 Å². The topological polar surface area (TPSA) is 70.3 Å². The van der Waals surface area contributed by atoms with E-state index in [1.54, 1.807) is 0 Å². The molecule has 0 N–H and O–H groups in total. The van der Waals surface area contributed by atoms with Gasteiger partial charge in [0, 0.05) is 22.5 Å². The highest BCUT2D eigenvalue weighted by atomic mass is 16.5. The highest BCUT2D eigenvalue weighted by molar-refractivity contribution is 6.19. The smallest absolute Gasteiger partial charge is 0.220 e. The van der Waals surface area contributed by atoms with Crippen molar-refractivity contribution < 1.29 is 4.74 Å². The number of anilines is 3. The lowest BCUT2D eigenvalue weighted by Crippen LogP contribution is -2.18. The molecule has 9 nitrogen and oxygen atoms in total. The van der Waals surface area contributed by atoms with Gasteiger partial charge in [-0.25, -0.2) is 15.0 Å². The maximum absolute atomic E-state index is 6.72. The average Bonchev–Trinajstić information content (AvgIpc) is 4.16. The minimum atomic E-state index is 0.746. The summed E-state index contributed by atoms with van der Waals surface area (Å²) in [5, 5.41) is 0. The molecule has 14 rings (SSSR count). The molecule has 0 radical (unpaired) electrons. The number of rotatable bonds is 6. The highest BCUT2D eigenvalue weighted by Gasteiger charge is 2.37. The lowest BCUT2D eigenvalue weighted by Gasteiger charge is -2.33. The molecule has 312 valence electrons. The molecule has 1 aliphatic heterocycles. The Kier molecular flexibility index (Phi) is 7.90. The summed E-state index contributed by atoms with van der Waals surface area (Å²) in [6.07, 6.45) is 6.30. The molecule has 66 heavy (non-hydrogen) atoms. The Labute approximate surface area is 379 Å². The van der Waals surface area contributed by atoms with Gasteiger partial charge in [0.05, 0.1) is 33.8 Å². The van der Waals surface area contributed by atoms with Crippen molar-refractivity contribution in [1.29, 1.82) is 0 Å². The fourth-order valence-electron chi connectivity index (χ4n) is 10.2. The van der Waals surface area contributed by atoms with Crippen molar-refractivity contribution in [1.82, 2.24) is 33.1 Å². The van der Waals surface area contributed by atoms with Gasteiger partial charge in [0.2, 0.25) is 5.78 Å². The highest BCUT2D eigenvalue weighted by Crippen LogP contribution is 2.56. The Morgan fingerprint density at radius 3 is 1.52 bits per heavy atom. The van der Waals surface area contributed by atoms with E-state index in [1.807, 2.05) is 24.3 Å². The van der Waals surface area contributed by atoms with Crippen LogP contribution in [0, 0.1) is 0 Å². The molecule has 12 aromatic rings. The minimum Gasteiger partial charge on any atom is -0.453 e. The number of aromatic nitrogens is 7. The summed E-state index contributed by atoms with van der Waals surface area (Å²) in [6, 6.07) is 67.4. The van der Waals surface area contributed by atoms with Crippen LogP contribution in [0.3, 0.4) is 0 Å². The van der Waals surface area contributed by atoms with E-state index >= 15 is 0 Å². The van der Waals surface area contributed by atoms with Crippen molar-refractivity contribution in [2.45, 2.75) is 12.8 Å². The van der Waals surface area contributed by atoms with Crippen LogP contribution >= 0.6 is 0 Å². The summed E-state index contributed by atoms with van der Waals surface area (Å²) in [7, 11) is 0. The van der Waals surface area contributed by atoms with Crippen LogP contribution < -0.4 is 9.64 Å². The third-order valence-corrected chi connectivity index (χ3v) is 13.0. The molecule has 1 aliphatic carbocycles. The Morgan fingerprint density at radius 2 is 0.924 bits per heavy atom. The zero-order chi connectivity index (χ0) is 43.3. The Bertz CT molecular complexity index is 3820. The number of hydrogen-bond donors (Lipinski definition) is 0. The van der Waals surface area contributed by atoms with Gasteiger partial charge in [0.15, 0.2) is 11.5 Å². The molecule has 0 amide bonds. The summed E-state index contributed by atoms with van der Waals surface area (Å²) in [5.41, 5.74) is 15.1. The first-order valence-corrected chi connectivity index (χ1v) is 22.4. The van der Waals surface area contributed by atoms with Gasteiger partial charge in [-0.15, -0.1) is 0 Å². The van der Waals surface area contributed by atoms with E-state index < -0.39 is 0 Å². The summed E-state index contributed by atoms with van der Waals surface area (Å²) in [4.78, 5) is 19.8. The van der Waals surface area contributed by atoms with E-state index in [0.29, 0.717) is 0 Å². The summed E-state index contributed by atoms with van der Waals surface area (Å²) in [5.74, 6) is 3.91. The fraction of sp³-hybridized carbons (Fsp3) is 0.0351. The number of para-hydroxylation sites is 8. The molecular formula is C57H38N8O. The number of benzene rings is 8. The predicted molar refractivity (Wildman–Crippen MR) is 264 cm³/mol. The molecule has 0 fully saturated rings. The molecule has 9 heteroatoms. The molecule has 5 heterocycles. The van der Waals surface area contributed by atoms with E-state index in [-0.39, 0.29) is 0 Å². The van der Waals surface area contributed by atoms with Gasteiger partial charge in [-0.2, -0.15) is 0 Å². The number of imidazole rings is 4. The largest absolute Gasteiger partial charge is 0.453 e. The van der Waals surface area contributed by atoms with E-state index in [2.05, 4.69) is 205 Å². The first-order valence-electron chi connectivity index (χ1n) is 22.4. The zero-order valence-electron chi connectivity index (χ0n) is 35.5. The Balaban J connectivity index is 1.29. The van der Waals surface area contributed by atoms with Crippen LogP contribution in [0.25, 0.3) is 84.8 Å². The van der Waals surface area contributed by atoms with Crippen LogP contribution in [0.5, 0.6) is 11.5 Å². The first kappa shape index (κ1) is 36.5. The van der Waals surface area contributed by atoms with Crippen molar-refractivity contribution in [3.8, 4) is 51.3 Å². The predicted octanol–water partition coefficient (Wildman–Crippen LogP) is 13.8. The maximum Gasteiger partial charge on any atom is 0.220 e. The van der Waals surface area contributed by atoms with E-state index in [4.69, 9.17) is 19.7 Å². The number of aryl methyl sites for hydroxylation is 1. The van der Waals surface area contributed by atoms with Crippen LogP contribution in [0.1, 0.15) is 17.8 Å². The molecule has 0 bridgehead atoms. The zero-order valence-corrected chi connectivity index (χ0v) is 35.5. The number of hydrogen-bond acceptors (Lipinski definition) is 5. The SMILES string of the molecule is C1=Cc2c(nc3n(-c4c5nc(-c6ccccc6)n(-c6ccccc6)c5c(N5c6ccccc6Oc6ccccc65)c5nc(-c6ccccc6)n(-c6ccccc6)c45)c4ccccc4n23)CC1. The van der Waals surface area contributed by atoms with Gasteiger partial charge >= 0.3 is 0 Å². The molecule has 0 spiro atoms. The first-order chi connectivity index (χ1) is 32.8. The van der Waals surface area contributed by atoms with Crippen LogP contribution in [0.2, 0.25) is 0 Å². The van der Waals surface area contributed by atoms with E-state index in [9.17, 15) is 0 Å². The van der Waals surface area contributed by atoms with Gasteiger partial charge < -0.3 is 4.74 Å². The van der Waals surface area contributed by atoms with Crippen LogP contribution in [0.15, 0.2) is 200 Å². The van der Waals surface area contributed by atoms with Crippen LogP contribution in [0.4, 0.5) is 17.1 Å². The van der Waals surface area contributed by atoms with Crippen molar-refractivity contribution in [2.75, 3.05) is 4.90 Å². The fourth-order valence-corrected chi connectivity index (χ4v) is 10.2. The van der Waals surface area contributed by atoms with Crippen molar-refractivity contribution >= 4 is 62.0 Å². The monoisotopic (exact) mass is 850 g/mol. The molecular weight excluding hydrogens is 813 g/mol. The molecule has 2 aliphatic rings. The second kappa shape index (κ2) is 14.3. The van der Waals surface area contributed by atoms with Gasteiger partial charge in [-0.05, 0) is 79.6 Å². The van der Waals surface area contributed by atoms with Gasteiger partial charge in [0.1, 0.15) is 45.1 Å². The molecule has 0 unspecified atom stereocenters. The lowest BCUT2D eigenvalue weighted by atomic mass is 10.1. The molecule has 0 saturated heterocycles. The van der Waals surface area contributed by atoms with E-state index in [1.165, 1.54) is 0 Å². The number of allylic oxidation sites excluding steroid dienone is 1.